The molecule has 1 aromatic rings. The van der Waals surface area contributed by atoms with Crippen LogP contribution in [-0.2, 0) is 19.6 Å². The maximum absolute atomic E-state index is 13.4. The molecule has 31 heavy (non-hydrogen) atoms. The zero-order chi connectivity index (χ0) is 23.0. The summed E-state index contributed by atoms with van der Waals surface area (Å²) in [5.41, 5.74) is 0.931. The van der Waals surface area contributed by atoms with Crippen molar-refractivity contribution < 1.29 is 18.0 Å². The number of piperidine rings is 1. The fraction of sp³-hybridized carbons (Fsp3) is 0.524. The molecule has 0 aliphatic carbocycles. The van der Waals surface area contributed by atoms with Gasteiger partial charge in [0.2, 0.25) is 11.8 Å². The van der Waals surface area contributed by atoms with Crippen LogP contribution < -0.4 is 16.0 Å². The van der Waals surface area contributed by atoms with E-state index in [2.05, 4.69) is 29.8 Å². The molecule has 3 rings (SSSR count). The molecule has 2 heterocycles. The number of carbonyl (C=O) groups is 2. The number of carbonyl (C=O) groups excluding carboxylic acids is 2. The zero-order valence-electron chi connectivity index (χ0n) is 18.2. The Labute approximate surface area is 188 Å². The number of aryl methyl sites for hydroxylation is 2. The van der Waals surface area contributed by atoms with Crippen LogP contribution in [0.4, 0.5) is 0 Å². The molecular formula is C21H29ClN4O4S. The lowest BCUT2D eigenvalue weighted by Crippen LogP contribution is -2.56. The molecule has 1 aromatic carbocycles. The van der Waals surface area contributed by atoms with Gasteiger partial charge in [0.05, 0.1) is 11.3 Å². The molecule has 0 bridgehead atoms. The summed E-state index contributed by atoms with van der Waals surface area (Å²) in [5.74, 6) is -0.909. The highest BCUT2D eigenvalue weighted by atomic mass is 35.5. The van der Waals surface area contributed by atoms with Gasteiger partial charge in [0, 0.05) is 30.0 Å². The molecule has 2 aliphatic rings. The Kier molecular flexibility index (Phi) is 6.69. The first-order chi connectivity index (χ1) is 14.4. The molecule has 3 N–H and O–H groups in total. The number of amides is 2. The highest BCUT2D eigenvalue weighted by Crippen LogP contribution is 2.29. The van der Waals surface area contributed by atoms with Crippen LogP contribution in [0.15, 0.2) is 29.4 Å². The van der Waals surface area contributed by atoms with Crippen molar-refractivity contribution in [2.24, 2.45) is 5.41 Å². The van der Waals surface area contributed by atoms with Crippen LogP contribution >= 0.6 is 11.6 Å². The van der Waals surface area contributed by atoms with Crippen molar-refractivity contribution in [2.75, 3.05) is 13.1 Å². The van der Waals surface area contributed by atoms with Crippen LogP contribution in [0, 0.1) is 19.3 Å². The van der Waals surface area contributed by atoms with Gasteiger partial charge in [-0.15, -0.1) is 0 Å². The second-order valence-electron chi connectivity index (χ2n) is 8.82. The lowest BCUT2D eigenvalue weighted by molar-refractivity contribution is -0.130. The highest BCUT2D eigenvalue weighted by molar-refractivity contribution is 7.89. The van der Waals surface area contributed by atoms with Gasteiger partial charge < -0.3 is 16.0 Å². The van der Waals surface area contributed by atoms with Crippen molar-refractivity contribution >= 4 is 33.4 Å². The second-order valence-corrected chi connectivity index (χ2v) is 11.0. The third-order valence-electron chi connectivity index (χ3n) is 5.92. The molecule has 10 heteroatoms. The normalized spacial score (nSPS) is 23.4. The first kappa shape index (κ1) is 23.6. The third kappa shape index (κ3) is 4.88. The lowest BCUT2D eigenvalue weighted by atomic mass is 9.80. The summed E-state index contributed by atoms with van der Waals surface area (Å²) in [7, 11) is -4.08. The lowest BCUT2D eigenvalue weighted by Gasteiger charge is -2.40. The van der Waals surface area contributed by atoms with Gasteiger partial charge in [0.15, 0.2) is 0 Å². The molecule has 0 saturated carbocycles. The van der Waals surface area contributed by atoms with E-state index in [9.17, 15) is 18.0 Å². The predicted molar refractivity (Wildman–Crippen MR) is 119 cm³/mol. The first-order valence-electron chi connectivity index (χ1n) is 10.2. The molecule has 1 saturated heterocycles. The summed E-state index contributed by atoms with van der Waals surface area (Å²) >= 11 is 6.11. The monoisotopic (exact) mass is 468 g/mol. The van der Waals surface area contributed by atoms with E-state index in [1.807, 2.05) is 0 Å². The van der Waals surface area contributed by atoms with Crippen LogP contribution in [-0.4, -0.2) is 49.7 Å². The molecule has 0 unspecified atom stereocenters. The maximum atomic E-state index is 13.4. The van der Waals surface area contributed by atoms with Gasteiger partial charge in [-0.3, -0.25) is 13.9 Å². The average Bonchev–Trinajstić information content (AvgIpc) is 2.67. The minimum Gasteiger partial charge on any atom is -0.353 e. The van der Waals surface area contributed by atoms with E-state index in [1.165, 1.54) is 18.5 Å². The van der Waals surface area contributed by atoms with Gasteiger partial charge in [0.1, 0.15) is 6.04 Å². The van der Waals surface area contributed by atoms with Crippen LogP contribution in [0.2, 0.25) is 5.02 Å². The molecule has 170 valence electrons. The summed E-state index contributed by atoms with van der Waals surface area (Å²) in [6.07, 6.45) is 3.04. The SMILES string of the molecule is Cc1cc(S(=O)(=O)N2C=CNC(=O)[C@H]2CC(=O)N[C@@H]2CCNCC2(C)C)c(C)cc1Cl. The quantitative estimate of drug-likeness (QED) is 0.610. The van der Waals surface area contributed by atoms with Crippen LogP contribution in [0.25, 0.3) is 0 Å². The zero-order valence-corrected chi connectivity index (χ0v) is 19.7. The van der Waals surface area contributed by atoms with E-state index in [4.69, 9.17) is 11.6 Å². The number of hydrogen-bond donors (Lipinski definition) is 3. The van der Waals surface area contributed by atoms with Crippen molar-refractivity contribution in [1.82, 2.24) is 20.3 Å². The Balaban J connectivity index is 1.85. The molecule has 1 fully saturated rings. The molecule has 2 aliphatic heterocycles. The third-order valence-corrected chi connectivity index (χ3v) is 8.25. The van der Waals surface area contributed by atoms with E-state index in [0.717, 1.165) is 23.8 Å². The van der Waals surface area contributed by atoms with Gasteiger partial charge >= 0.3 is 0 Å². The van der Waals surface area contributed by atoms with Crippen molar-refractivity contribution in [3.8, 4) is 0 Å². The van der Waals surface area contributed by atoms with E-state index in [1.54, 1.807) is 19.9 Å². The van der Waals surface area contributed by atoms with Crippen molar-refractivity contribution in [1.29, 1.82) is 0 Å². The average molecular weight is 469 g/mol. The van der Waals surface area contributed by atoms with E-state index < -0.39 is 22.0 Å². The summed E-state index contributed by atoms with van der Waals surface area (Å²) in [4.78, 5) is 25.4. The van der Waals surface area contributed by atoms with Gasteiger partial charge in [-0.1, -0.05) is 25.4 Å². The molecule has 0 aromatic heterocycles. The Morgan fingerprint density at radius 2 is 2.00 bits per heavy atom. The number of sulfonamides is 1. The van der Waals surface area contributed by atoms with Crippen LogP contribution in [0.3, 0.4) is 0 Å². The molecular weight excluding hydrogens is 440 g/mol. The topological polar surface area (TPSA) is 108 Å². The van der Waals surface area contributed by atoms with Gasteiger partial charge in [-0.2, -0.15) is 0 Å². The molecule has 2 amide bonds. The minimum absolute atomic E-state index is 0.0543. The van der Waals surface area contributed by atoms with E-state index in [-0.39, 0.29) is 28.7 Å². The van der Waals surface area contributed by atoms with Gasteiger partial charge in [-0.25, -0.2) is 8.42 Å². The van der Waals surface area contributed by atoms with E-state index >= 15 is 0 Å². The number of nitrogens with zero attached hydrogens (tertiary/aromatic N) is 1. The molecule has 2 atom stereocenters. The number of hydrogen-bond acceptors (Lipinski definition) is 5. The predicted octanol–water partition coefficient (Wildman–Crippen LogP) is 1.81. The van der Waals surface area contributed by atoms with Gasteiger partial charge in [-0.05, 0) is 55.5 Å². The smallest absolute Gasteiger partial charge is 0.264 e. The summed E-state index contributed by atoms with van der Waals surface area (Å²) in [5, 5.41) is 9.27. The van der Waals surface area contributed by atoms with Crippen molar-refractivity contribution in [3.05, 3.63) is 40.7 Å². The first-order valence-corrected chi connectivity index (χ1v) is 12.0. The van der Waals surface area contributed by atoms with Crippen LogP contribution in [0.1, 0.15) is 37.8 Å². The second kappa shape index (κ2) is 8.80. The van der Waals surface area contributed by atoms with E-state index in [0.29, 0.717) is 16.1 Å². The Morgan fingerprint density at radius 1 is 1.29 bits per heavy atom. The Hall–Kier alpha value is -2.10. The Morgan fingerprint density at radius 3 is 2.68 bits per heavy atom. The minimum atomic E-state index is -4.08. The van der Waals surface area contributed by atoms with Crippen molar-refractivity contribution in [2.45, 2.75) is 57.5 Å². The number of benzene rings is 1. The number of nitrogens with one attached hydrogen (secondary N) is 3. The maximum Gasteiger partial charge on any atom is 0.264 e. The fourth-order valence-corrected chi connectivity index (χ4v) is 5.92. The summed E-state index contributed by atoms with van der Waals surface area (Å²) < 4.78 is 27.8. The standard InChI is InChI=1S/C21H29ClN4O4S/c1-13-10-17(14(2)9-15(13)22)31(29,30)26-8-7-24-20(28)16(26)11-19(27)25-18-5-6-23-12-21(18,3)4/h7-10,16,18,23H,5-6,11-12H2,1-4H3,(H,24,28)(H,25,27)/t16-,18-/m1/s1. The summed E-state index contributed by atoms with van der Waals surface area (Å²) in [6.45, 7) is 9.03. The largest absolute Gasteiger partial charge is 0.353 e. The van der Waals surface area contributed by atoms with Crippen LogP contribution in [0.5, 0.6) is 0 Å². The molecule has 0 radical (unpaired) electrons. The highest BCUT2D eigenvalue weighted by Gasteiger charge is 2.39. The molecule has 0 spiro atoms. The number of rotatable bonds is 5. The summed E-state index contributed by atoms with van der Waals surface area (Å²) in [6, 6.07) is 1.82. The number of halogens is 1. The Bertz CT molecular complexity index is 1020. The molecule has 8 nitrogen and oxygen atoms in total. The fourth-order valence-electron chi connectivity index (χ4n) is 3.95. The van der Waals surface area contributed by atoms with Crippen molar-refractivity contribution in [3.63, 3.8) is 0 Å². The van der Waals surface area contributed by atoms with Gasteiger partial charge in [0.25, 0.3) is 10.0 Å².